The van der Waals surface area contributed by atoms with Gasteiger partial charge in [-0.25, -0.2) is 8.42 Å². The maximum atomic E-state index is 13.3. The maximum Gasteiger partial charge on any atom is 0.416 e. The highest BCUT2D eigenvalue weighted by Gasteiger charge is 2.52. The number of carbonyl (C=O) groups is 1. The average molecular weight is 431 g/mol. The second-order valence-corrected chi connectivity index (χ2v) is 10.7. The average Bonchev–Trinajstić information content (AvgIpc) is 3.09. The second kappa shape index (κ2) is 6.89. The van der Waals surface area contributed by atoms with Gasteiger partial charge < -0.3 is 9.64 Å². The Morgan fingerprint density at radius 1 is 0.966 bits per heavy atom. The molecule has 4 rings (SSSR count). The summed E-state index contributed by atoms with van der Waals surface area (Å²) in [5.41, 5.74) is -1.99. The molecule has 1 aromatic rings. The normalized spacial score (nSPS) is 24.9. The number of likely N-dealkylation sites (tertiary alicyclic amines) is 1. The molecule has 0 aromatic heterocycles. The molecule has 1 spiro atoms. The number of alkyl halides is 3. The molecule has 1 saturated carbocycles. The van der Waals surface area contributed by atoms with E-state index in [1.807, 2.05) is 0 Å². The minimum atomic E-state index is -4.42. The fourth-order valence-corrected chi connectivity index (χ4v) is 7.25. The topological polar surface area (TPSA) is 63.7 Å². The van der Waals surface area contributed by atoms with Crippen LogP contribution in [0.3, 0.4) is 0 Å². The van der Waals surface area contributed by atoms with Gasteiger partial charge in [-0.05, 0) is 62.8 Å². The van der Waals surface area contributed by atoms with E-state index in [2.05, 4.69) is 0 Å². The SMILES string of the molecule is O=C(N1CCC2(CC1)CS(=O)(=O)C2)C1(Oc2ccc(C(F)(F)F)cc2)CCCC1. The van der Waals surface area contributed by atoms with Crippen molar-refractivity contribution >= 4 is 15.7 Å². The van der Waals surface area contributed by atoms with E-state index < -0.39 is 27.2 Å². The smallest absolute Gasteiger partial charge is 0.416 e. The fourth-order valence-electron chi connectivity index (χ4n) is 4.89. The van der Waals surface area contributed by atoms with Crippen molar-refractivity contribution in [2.24, 2.45) is 5.41 Å². The first-order valence-electron chi connectivity index (χ1n) is 9.89. The van der Waals surface area contributed by atoms with Gasteiger partial charge in [0.05, 0.1) is 17.1 Å². The van der Waals surface area contributed by atoms with E-state index in [4.69, 9.17) is 4.74 Å². The Kier molecular flexibility index (Phi) is 4.87. The van der Waals surface area contributed by atoms with E-state index in [0.717, 1.165) is 25.0 Å². The highest BCUT2D eigenvalue weighted by molar-refractivity contribution is 7.92. The summed E-state index contributed by atoms with van der Waals surface area (Å²) in [5, 5.41) is 0. The molecule has 2 saturated heterocycles. The van der Waals surface area contributed by atoms with Crippen molar-refractivity contribution in [2.75, 3.05) is 24.6 Å². The summed E-state index contributed by atoms with van der Waals surface area (Å²) >= 11 is 0. The number of amides is 1. The lowest BCUT2D eigenvalue weighted by Gasteiger charge is -2.48. The lowest BCUT2D eigenvalue weighted by molar-refractivity contribution is -0.150. The Hall–Kier alpha value is -1.77. The van der Waals surface area contributed by atoms with E-state index in [1.54, 1.807) is 4.90 Å². The molecule has 1 aromatic carbocycles. The highest BCUT2D eigenvalue weighted by atomic mass is 32.2. The molecule has 0 bridgehead atoms. The van der Waals surface area contributed by atoms with Gasteiger partial charge in [0.2, 0.25) is 0 Å². The Bertz CT molecular complexity index is 867. The van der Waals surface area contributed by atoms with Gasteiger partial charge in [-0.2, -0.15) is 13.2 Å². The van der Waals surface area contributed by atoms with Crippen LogP contribution in [0.5, 0.6) is 5.75 Å². The van der Waals surface area contributed by atoms with E-state index in [9.17, 15) is 26.4 Å². The molecule has 29 heavy (non-hydrogen) atoms. The molecule has 160 valence electrons. The molecule has 0 radical (unpaired) electrons. The largest absolute Gasteiger partial charge is 0.477 e. The maximum absolute atomic E-state index is 13.3. The molecule has 2 heterocycles. The third-order valence-electron chi connectivity index (χ3n) is 6.46. The lowest BCUT2D eigenvalue weighted by atomic mass is 9.80. The first-order chi connectivity index (χ1) is 13.5. The number of carbonyl (C=O) groups excluding carboxylic acids is 1. The molecule has 3 fully saturated rings. The lowest BCUT2D eigenvalue weighted by Crippen LogP contribution is -2.59. The molecular weight excluding hydrogens is 407 g/mol. The summed E-state index contributed by atoms with van der Waals surface area (Å²) in [5.74, 6) is 0.531. The second-order valence-electron chi connectivity index (χ2n) is 8.65. The van der Waals surface area contributed by atoms with Gasteiger partial charge >= 0.3 is 6.18 Å². The predicted octanol–water partition coefficient (Wildman–Crippen LogP) is 3.43. The van der Waals surface area contributed by atoms with Crippen LogP contribution in [-0.2, 0) is 20.8 Å². The fraction of sp³-hybridized carbons (Fsp3) is 0.650. The highest BCUT2D eigenvalue weighted by Crippen LogP contribution is 2.44. The number of sulfone groups is 1. The van der Waals surface area contributed by atoms with Crippen LogP contribution in [0.15, 0.2) is 24.3 Å². The van der Waals surface area contributed by atoms with Crippen LogP contribution in [0.4, 0.5) is 13.2 Å². The van der Waals surface area contributed by atoms with E-state index in [-0.39, 0.29) is 28.6 Å². The molecule has 2 aliphatic heterocycles. The molecule has 1 aliphatic carbocycles. The number of hydrogen-bond donors (Lipinski definition) is 0. The summed E-state index contributed by atoms with van der Waals surface area (Å²) in [6.07, 6.45) is -0.392. The van der Waals surface area contributed by atoms with Gasteiger partial charge in [0.15, 0.2) is 15.4 Å². The van der Waals surface area contributed by atoms with Crippen LogP contribution in [0.2, 0.25) is 0 Å². The van der Waals surface area contributed by atoms with Gasteiger partial charge in [0.25, 0.3) is 5.91 Å². The summed E-state index contributed by atoms with van der Waals surface area (Å²) in [7, 11) is -2.92. The number of benzene rings is 1. The van der Waals surface area contributed by atoms with Crippen molar-refractivity contribution in [2.45, 2.75) is 50.3 Å². The third-order valence-corrected chi connectivity index (χ3v) is 8.56. The standard InChI is InChI=1S/C20H24F3NO4S/c21-20(22,23)15-3-5-16(6-4-15)28-19(7-1-2-8-19)17(25)24-11-9-18(10-12-24)13-29(26,27)14-18/h3-6H,1-2,7-14H2. The monoisotopic (exact) mass is 431 g/mol. The Morgan fingerprint density at radius 2 is 1.52 bits per heavy atom. The number of rotatable bonds is 3. The third kappa shape index (κ3) is 3.98. The van der Waals surface area contributed by atoms with Gasteiger partial charge in [0.1, 0.15) is 5.75 Å². The summed E-state index contributed by atoms with van der Waals surface area (Å²) < 4.78 is 67.5. The summed E-state index contributed by atoms with van der Waals surface area (Å²) in [6.45, 7) is 0.985. The van der Waals surface area contributed by atoms with Crippen molar-refractivity contribution in [3.05, 3.63) is 29.8 Å². The Balaban J connectivity index is 1.45. The van der Waals surface area contributed by atoms with Crippen molar-refractivity contribution in [3.8, 4) is 5.75 Å². The minimum Gasteiger partial charge on any atom is -0.477 e. The van der Waals surface area contributed by atoms with Crippen molar-refractivity contribution in [1.29, 1.82) is 0 Å². The predicted molar refractivity (Wildman–Crippen MR) is 100 cm³/mol. The van der Waals surface area contributed by atoms with Gasteiger partial charge in [0, 0.05) is 18.5 Å². The van der Waals surface area contributed by atoms with E-state index in [1.165, 1.54) is 12.1 Å². The zero-order chi connectivity index (χ0) is 20.9. The quantitative estimate of drug-likeness (QED) is 0.736. The molecule has 3 aliphatic rings. The van der Waals surface area contributed by atoms with Gasteiger partial charge in [-0.15, -0.1) is 0 Å². The molecule has 1 amide bonds. The number of nitrogens with zero attached hydrogens (tertiary/aromatic N) is 1. The van der Waals surface area contributed by atoms with Crippen molar-refractivity contribution < 1.29 is 31.1 Å². The summed E-state index contributed by atoms with van der Waals surface area (Å²) in [6, 6.07) is 4.45. The van der Waals surface area contributed by atoms with Crippen LogP contribution in [-0.4, -0.2) is 49.4 Å². The Morgan fingerprint density at radius 3 is 2.00 bits per heavy atom. The van der Waals surface area contributed by atoms with Crippen LogP contribution in [0.1, 0.15) is 44.1 Å². The van der Waals surface area contributed by atoms with E-state index in [0.29, 0.717) is 38.8 Å². The van der Waals surface area contributed by atoms with E-state index >= 15 is 0 Å². The number of hydrogen-bond acceptors (Lipinski definition) is 4. The van der Waals surface area contributed by atoms with Crippen LogP contribution >= 0.6 is 0 Å². The molecule has 0 N–H and O–H groups in total. The molecule has 0 atom stereocenters. The first kappa shape index (κ1) is 20.5. The number of halogens is 3. The van der Waals surface area contributed by atoms with Gasteiger partial charge in [-0.3, -0.25) is 4.79 Å². The van der Waals surface area contributed by atoms with Crippen LogP contribution < -0.4 is 4.74 Å². The van der Waals surface area contributed by atoms with Crippen LogP contribution in [0.25, 0.3) is 0 Å². The number of ether oxygens (including phenoxy) is 1. The molecule has 0 unspecified atom stereocenters. The Labute approximate surface area is 168 Å². The molecular formula is C20H24F3NO4S. The zero-order valence-electron chi connectivity index (χ0n) is 16.0. The number of piperidine rings is 1. The van der Waals surface area contributed by atoms with Gasteiger partial charge in [-0.1, -0.05) is 0 Å². The van der Waals surface area contributed by atoms with Crippen molar-refractivity contribution in [1.82, 2.24) is 4.90 Å². The molecule has 9 heteroatoms. The van der Waals surface area contributed by atoms with Crippen LogP contribution in [0, 0.1) is 5.41 Å². The van der Waals surface area contributed by atoms with Crippen molar-refractivity contribution in [3.63, 3.8) is 0 Å². The zero-order valence-corrected chi connectivity index (χ0v) is 16.8. The summed E-state index contributed by atoms with van der Waals surface area (Å²) in [4.78, 5) is 15.0. The minimum absolute atomic E-state index is 0.132. The molecule has 5 nitrogen and oxygen atoms in total. The first-order valence-corrected chi connectivity index (χ1v) is 11.7.